The lowest BCUT2D eigenvalue weighted by Crippen LogP contribution is -2.19. The predicted octanol–water partition coefficient (Wildman–Crippen LogP) is 5.46. The van der Waals surface area contributed by atoms with Crippen LogP contribution < -0.4 is 5.32 Å². The summed E-state index contributed by atoms with van der Waals surface area (Å²) in [5.74, 6) is -0.175. The van der Waals surface area contributed by atoms with Crippen molar-refractivity contribution in [3.8, 4) is 0 Å². The molecule has 1 rings (SSSR count). The van der Waals surface area contributed by atoms with Gasteiger partial charge in [0, 0.05) is 19.7 Å². The van der Waals surface area contributed by atoms with Crippen LogP contribution in [-0.2, 0) is 11.3 Å². The van der Waals surface area contributed by atoms with Crippen molar-refractivity contribution in [1.82, 2.24) is 5.32 Å². The molecule has 2 nitrogen and oxygen atoms in total. The van der Waals surface area contributed by atoms with Gasteiger partial charge >= 0.3 is 0 Å². The first-order valence-electron chi connectivity index (χ1n) is 9.36. The first-order chi connectivity index (χ1) is 11.3. The highest BCUT2D eigenvalue weighted by molar-refractivity contribution is 5.15. The molecule has 0 amide bonds. The molecule has 0 aromatic heterocycles. The van der Waals surface area contributed by atoms with Crippen LogP contribution in [0.5, 0.6) is 0 Å². The maximum Gasteiger partial charge on any atom is 0.123 e. The lowest BCUT2D eigenvalue weighted by molar-refractivity contribution is 0.131. The van der Waals surface area contributed by atoms with Gasteiger partial charge in [-0.05, 0) is 24.1 Å². The Hall–Kier alpha value is -0.930. The Kier molecular flexibility index (Phi) is 12.8. The Morgan fingerprint density at radius 2 is 1.61 bits per heavy atom. The second kappa shape index (κ2) is 14.6. The van der Waals surface area contributed by atoms with E-state index in [1.807, 2.05) is 6.07 Å². The molecule has 0 spiro atoms. The van der Waals surface area contributed by atoms with Gasteiger partial charge in [-0.2, -0.15) is 0 Å². The summed E-state index contributed by atoms with van der Waals surface area (Å²) in [6.07, 6.45) is 12.1. The summed E-state index contributed by atoms with van der Waals surface area (Å²) in [7, 11) is 0. The molecule has 0 radical (unpaired) electrons. The molecule has 1 N–H and O–H groups in total. The minimum absolute atomic E-state index is 0.175. The molecule has 0 unspecified atom stereocenters. The molecule has 0 heterocycles. The molecular weight excluding hydrogens is 289 g/mol. The molecule has 0 fully saturated rings. The molecule has 3 heteroatoms. The molecule has 23 heavy (non-hydrogen) atoms. The second-order valence-corrected chi connectivity index (χ2v) is 6.25. The van der Waals surface area contributed by atoms with Crippen molar-refractivity contribution in [1.29, 1.82) is 0 Å². The highest BCUT2D eigenvalue weighted by Crippen LogP contribution is 2.09. The van der Waals surface area contributed by atoms with E-state index in [1.165, 1.54) is 63.9 Å². The predicted molar refractivity (Wildman–Crippen MR) is 96.2 cm³/mol. The SMILES string of the molecule is CCCCCCCCCCCOCCNCc1cccc(F)c1. The third kappa shape index (κ3) is 12.2. The Morgan fingerprint density at radius 3 is 2.30 bits per heavy atom. The Morgan fingerprint density at radius 1 is 0.913 bits per heavy atom. The van der Waals surface area contributed by atoms with Crippen LogP contribution in [-0.4, -0.2) is 19.8 Å². The molecule has 0 bridgehead atoms. The Balaban J connectivity index is 1.78. The number of ether oxygens (including phenoxy) is 1. The molecule has 0 aliphatic heterocycles. The smallest absolute Gasteiger partial charge is 0.123 e. The van der Waals surface area contributed by atoms with Gasteiger partial charge in [-0.15, -0.1) is 0 Å². The van der Waals surface area contributed by atoms with Gasteiger partial charge in [0.05, 0.1) is 6.61 Å². The van der Waals surface area contributed by atoms with Gasteiger partial charge in [-0.1, -0.05) is 70.4 Å². The van der Waals surface area contributed by atoms with Gasteiger partial charge in [0.1, 0.15) is 5.82 Å². The van der Waals surface area contributed by atoms with Gasteiger partial charge < -0.3 is 10.1 Å². The number of halogens is 1. The van der Waals surface area contributed by atoms with Gasteiger partial charge in [0.2, 0.25) is 0 Å². The lowest BCUT2D eigenvalue weighted by atomic mass is 10.1. The Bertz CT molecular complexity index is 384. The molecule has 0 aliphatic rings. The van der Waals surface area contributed by atoms with Gasteiger partial charge in [0.15, 0.2) is 0 Å². The largest absolute Gasteiger partial charge is 0.380 e. The van der Waals surface area contributed by atoms with Crippen molar-refractivity contribution >= 4 is 0 Å². The van der Waals surface area contributed by atoms with E-state index in [4.69, 9.17) is 4.74 Å². The summed E-state index contributed by atoms with van der Waals surface area (Å²) in [5, 5.41) is 3.27. The fourth-order valence-corrected chi connectivity index (χ4v) is 2.64. The number of hydrogen-bond donors (Lipinski definition) is 1. The topological polar surface area (TPSA) is 21.3 Å². The molecule has 0 aliphatic carbocycles. The number of rotatable bonds is 15. The molecule has 1 aromatic rings. The summed E-state index contributed by atoms with van der Waals surface area (Å²) in [4.78, 5) is 0. The summed E-state index contributed by atoms with van der Waals surface area (Å²) in [5.41, 5.74) is 0.976. The van der Waals surface area contributed by atoms with Crippen LogP contribution in [0.15, 0.2) is 24.3 Å². The molecule has 1 aromatic carbocycles. The van der Waals surface area contributed by atoms with Crippen molar-refractivity contribution in [2.75, 3.05) is 19.8 Å². The average Bonchev–Trinajstić information content (AvgIpc) is 2.55. The van der Waals surface area contributed by atoms with E-state index < -0.39 is 0 Å². The zero-order valence-corrected chi connectivity index (χ0v) is 14.8. The van der Waals surface area contributed by atoms with Crippen LogP contribution >= 0.6 is 0 Å². The fourth-order valence-electron chi connectivity index (χ4n) is 2.64. The van der Waals surface area contributed by atoms with Crippen LogP contribution in [0.1, 0.15) is 70.3 Å². The number of hydrogen-bond acceptors (Lipinski definition) is 2. The monoisotopic (exact) mass is 323 g/mol. The van der Waals surface area contributed by atoms with Crippen molar-refractivity contribution in [2.24, 2.45) is 0 Å². The van der Waals surface area contributed by atoms with Gasteiger partial charge in [0.25, 0.3) is 0 Å². The molecule has 0 saturated carbocycles. The van der Waals surface area contributed by atoms with Crippen LogP contribution in [0.25, 0.3) is 0 Å². The molecule has 132 valence electrons. The number of nitrogens with one attached hydrogen (secondary N) is 1. The maximum atomic E-state index is 13.0. The van der Waals surface area contributed by atoms with E-state index in [-0.39, 0.29) is 5.82 Å². The highest BCUT2D eigenvalue weighted by atomic mass is 19.1. The van der Waals surface area contributed by atoms with Crippen molar-refractivity contribution in [2.45, 2.75) is 71.3 Å². The van der Waals surface area contributed by atoms with Crippen molar-refractivity contribution in [3.05, 3.63) is 35.6 Å². The Labute approximate surface area is 141 Å². The third-order valence-corrected chi connectivity index (χ3v) is 4.03. The standard InChI is InChI=1S/C20H34FNO/c1-2-3-4-5-6-7-8-9-10-15-23-16-14-22-18-19-12-11-13-20(21)17-19/h11-13,17,22H,2-10,14-16,18H2,1H3. The van der Waals surface area contributed by atoms with E-state index in [9.17, 15) is 4.39 Å². The third-order valence-electron chi connectivity index (χ3n) is 4.03. The minimum Gasteiger partial charge on any atom is -0.380 e. The average molecular weight is 323 g/mol. The number of unbranched alkanes of at least 4 members (excludes halogenated alkanes) is 8. The van der Waals surface area contributed by atoms with E-state index in [0.29, 0.717) is 6.54 Å². The van der Waals surface area contributed by atoms with Crippen molar-refractivity contribution in [3.63, 3.8) is 0 Å². The van der Waals surface area contributed by atoms with E-state index >= 15 is 0 Å². The normalized spacial score (nSPS) is 11.0. The zero-order chi connectivity index (χ0) is 16.6. The van der Waals surface area contributed by atoms with Crippen LogP contribution in [0.3, 0.4) is 0 Å². The quantitative estimate of drug-likeness (QED) is 0.433. The van der Waals surface area contributed by atoms with E-state index in [1.54, 1.807) is 12.1 Å². The highest BCUT2D eigenvalue weighted by Gasteiger charge is 1.96. The number of benzene rings is 1. The first kappa shape index (κ1) is 20.1. The summed E-state index contributed by atoms with van der Waals surface area (Å²) in [6, 6.07) is 6.71. The first-order valence-corrected chi connectivity index (χ1v) is 9.36. The summed E-state index contributed by atoms with van der Waals surface area (Å²) in [6.45, 7) is 5.36. The van der Waals surface area contributed by atoms with E-state index in [0.717, 1.165) is 25.3 Å². The maximum absolute atomic E-state index is 13.0. The molecular formula is C20H34FNO. The fraction of sp³-hybridized carbons (Fsp3) is 0.700. The summed E-state index contributed by atoms with van der Waals surface area (Å²) >= 11 is 0. The van der Waals surface area contributed by atoms with Crippen molar-refractivity contribution < 1.29 is 9.13 Å². The van der Waals surface area contributed by atoms with Crippen LogP contribution in [0.4, 0.5) is 4.39 Å². The second-order valence-electron chi connectivity index (χ2n) is 6.25. The van der Waals surface area contributed by atoms with Gasteiger partial charge in [-0.3, -0.25) is 0 Å². The minimum atomic E-state index is -0.175. The van der Waals surface area contributed by atoms with Crippen LogP contribution in [0, 0.1) is 5.82 Å². The summed E-state index contributed by atoms with van der Waals surface area (Å²) < 4.78 is 18.6. The van der Waals surface area contributed by atoms with Gasteiger partial charge in [-0.25, -0.2) is 4.39 Å². The molecule has 0 saturated heterocycles. The van der Waals surface area contributed by atoms with Crippen LogP contribution in [0.2, 0.25) is 0 Å². The lowest BCUT2D eigenvalue weighted by Gasteiger charge is -2.07. The van der Waals surface area contributed by atoms with E-state index in [2.05, 4.69) is 12.2 Å². The molecule has 0 atom stereocenters. The zero-order valence-electron chi connectivity index (χ0n) is 14.8.